The summed E-state index contributed by atoms with van der Waals surface area (Å²) in [7, 11) is 11.7. The highest BCUT2D eigenvalue weighted by atomic mass is 79.9. The number of fused-ring (bicyclic) bond motifs is 9. The lowest BCUT2D eigenvalue weighted by Crippen LogP contribution is -2.43. The zero-order valence-corrected chi connectivity index (χ0v) is 54.3. The van der Waals surface area contributed by atoms with Crippen LogP contribution in [0.4, 0.5) is 64.6 Å². The molecular formula is C67H77BrF6N12O4. The summed E-state index contributed by atoms with van der Waals surface area (Å²) >= 11 is 3.45. The zero-order valence-electron chi connectivity index (χ0n) is 52.7. The number of aromatic nitrogens is 6. The third-order valence-electron chi connectivity index (χ3n) is 16.5. The lowest BCUT2D eigenvalue weighted by atomic mass is 9.91. The van der Waals surface area contributed by atoms with Crippen LogP contribution >= 0.6 is 15.9 Å². The monoisotopic (exact) mass is 1310 g/mol. The van der Waals surface area contributed by atoms with Crippen LogP contribution in [-0.2, 0) is 69.1 Å². The molecule has 3 aromatic carbocycles. The number of carbonyl (C=O) groups is 2. The maximum Gasteiger partial charge on any atom is 0.410 e. The predicted molar refractivity (Wildman–Crippen MR) is 344 cm³/mol. The average Bonchev–Trinajstić information content (AvgIpc) is 1.64. The van der Waals surface area contributed by atoms with Crippen molar-refractivity contribution in [3.05, 3.63) is 164 Å². The van der Waals surface area contributed by atoms with Crippen molar-refractivity contribution in [2.75, 3.05) is 37.5 Å². The van der Waals surface area contributed by atoms with Crippen LogP contribution in [0.25, 0.3) is 33.1 Å². The second kappa shape index (κ2) is 27.0. The molecule has 9 aromatic rings. The van der Waals surface area contributed by atoms with Crippen molar-refractivity contribution in [2.45, 2.75) is 129 Å². The van der Waals surface area contributed by atoms with Crippen LogP contribution < -0.4 is 21.7 Å². The van der Waals surface area contributed by atoms with Crippen molar-refractivity contribution in [2.24, 2.45) is 21.1 Å². The van der Waals surface area contributed by atoms with Gasteiger partial charge in [-0.1, -0.05) is 0 Å². The zero-order chi connectivity index (χ0) is 65.3. The van der Waals surface area contributed by atoms with Crippen molar-refractivity contribution in [3.8, 4) is 0 Å². The SMILES string of the molecule is CN(C(=O)OC(C)(C)C)C1CCc2c(c3ccc(Br)nc3n2C)C1.CN(C(=O)OC(C)(C)C)C1CCc2c(c3ccc(Nc4ccc(F)c(F)c4)nc3n2C)C1.CNC1CCc2c(c3ccc(Nc4ccc(F)c(F)c4)nc3n2C)C1.Nc1ccc(F)c(F)c1. The van der Waals surface area contributed by atoms with E-state index in [2.05, 4.69) is 69.7 Å². The van der Waals surface area contributed by atoms with Crippen molar-refractivity contribution in [1.29, 1.82) is 0 Å². The highest BCUT2D eigenvalue weighted by Gasteiger charge is 2.34. The minimum atomic E-state index is -0.912. The van der Waals surface area contributed by atoms with Gasteiger partial charge in [-0.05, 0) is 218 Å². The van der Waals surface area contributed by atoms with Crippen molar-refractivity contribution in [1.82, 2.24) is 43.8 Å². The number of pyridine rings is 3. The number of halogens is 7. The Morgan fingerprint density at radius 1 is 0.533 bits per heavy atom. The Kier molecular flexibility index (Phi) is 19.9. The molecule has 6 aromatic heterocycles. The van der Waals surface area contributed by atoms with E-state index < -0.39 is 46.1 Å². The molecule has 23 heteroatoms. The van der Waals surface area contributed by atoms with Gasteiger partial charge in [-0.15, -0.1) is 0 Å². The molecule has 12 rings (SSSR count). The number of nitrogen functional groups attached to an aromatic ring is 1. The summed E-state index contributed by atoms with van der Waals surface area (Å²) in [5, 5.41) is 12.8. The number of carbonyl (C=O) groups excluding carboxylic acids is 2. The van der Waals surface area contributed by atoms with Crippen LogP contribution in [0.1, 0.15) is 94.6 Å². The van der Waals surface area contributed by atoms with Crippen LogP contribution in [0.5, 0.6) is 0 Å². The van der Waals surface area contributed by atoms with E-state index in [-0.39, 0.29) is 30.0 Å². The normalized spacial score (nSPS) is 16.1. The first kappa shape index (κ1) is 66.1. The number of likely N-dealkylation sites (N-methyl/N-ethyl adjacent to an activating group) is 3. The molecule has 3 aliphatic rings. The van der Waals surface area contributed by atoms with E-state index in [4.69, 9.17) is 25.2 Å². The number of nitrogens with one attached hydrogen (secondary N) is 3. The molecule has 0 saturated heterocycles. The van der Waals surface area contributed by atoms with Gasteiger partial charge in [0, 0.05) is 116 Å². The molecule has 90 heavy (non-hydrogen) atoms. The largest absolute Gasteiger partial charge is 0.444 e. The maximum absolute atomic E-state index is 13.5. The highest BCUT2D eigenvalue weighted by molar-refractivity contribution is 9.10. The second-order valence-corrected chi connectivity index (χ2v) is 25.8. The third-order valence-corrected chi connectivity index (χ3v) is 16.9. The standard InChI is InChI=1S/C24H28F2N4O2.C19H20F2N4.C18H24BrN3O2.C6H5F2N/c1-24(2,3)32-23(31)29(4)15-7-10-20-17(13-15)16-8-11-21(28-22(16)30(20)5)27-14-6-9-18(25)19(26)12-14;1-22-11-4-7-17-14(9-11)13-5-8-18(24-19(13)25(17)2)23-12-3-6-15(20)16(21)10-12;1-18(2,3)24-17(23)21(4)11-6-8-14-13(10-11)12-7-9-15(19)20-16(12)22(14)5;7-5-2-1-4(9)3-6(5)8/h6,8-9,11-12,15H,7,10,13H2,1-5H3,(H,27,28);3,5-6,8,10-11,22H,4,7,9H2,1-2H3,(H,23,24);7,9,11H,6,8,10H2,1-5H3;1-3H,9H2. The van der Waals surface area contributed by atoms with E-state index in [1.165, 1.54) is 57.4 Å². The van der Waals surface area contributed by atoms with Gasteiger partial charge in [-0.2, -0.15) is 0 Å². The van der Waals surface area contributed by atoms with Crippen molar-refractivity contribution >= 4 is 89.9 Å². The molecule has 5 N–H and O–H groups in total. The van der Waals surface area contributed by atoms with Gasteiger partial charge in [0.2, 0.25) is 0 Å². The molecule has 16 nitrogen and oxygen atoms in total. The molecule has 6 heterocycles. The van der Waals surface area contributed by atoms with Crippen molar-refractivity contribution in [3.63, 3.8) is 0 Å². The van der Waals surface area contributed by atoms with Gasteiger partial charge in [0.05, 0.1) is 0 Å². The Hall–Kier alpha value is -8.31. The van der Waals surface area contributed by atoms with E-state index >= 15 is 0 Å². The lowest BCUT2D eigenvalue weighted by molar-refractivity contribution is 0.0199. The molecule has 0 bridgehead atoms. The number of nitrogens with two attached hydrogens (primary N) is 1. The number of benzene rings is 3. The van der Waals surface area contributed by atoms with Crippen LogP contribution in [0.2, 0.25) is 0 Å². The van der Waals surface area contributed by atoms with E-state index in [1.807, 2.05) is 94.0 Å². The number of amides is 2. The summed E-state index contributed by atoms with van der Waals surface area (Å²) in [6, 6.07) is 23.2. The number of nitrogens with zero attached hydrogens (tertiary/aromatic N) is 8. The van der Waals surface area contributed by atoms with Gasteiger partial charge < -0.3 is 54.7 Å². The Morgan fingerprint density at radius 2 is 0.911 bits per heavy atom. The summed E-state index contributed by atoms with van der Waals surface area (Å²) < 4.78 is 95.6. The fourth-order valence-corrected chi connectivity index (χ4v) is 12.1. The van der Waals surface area contributed by atoms with E-state index in [0.29, 0.717) is 29.1 Å². The van der Waals surface area contributed by atoms with E-state index in [1.54, 1.807) is 16.8 Å². The average molecular weight is 1310 g/mol. The van der Waals surface area contributed by atoms with Crippen LogP contribution in [0.3, 0.4) is 0 Å². The maximum atomic E-state index is 13.5. The van der Waals surface area contributed by atoms with Gasteiger partial charge in [0.15, 0.2) is 34.9 Å². The summed E-state index contributed by atoms with van der Waals surface area (Å²) in [5.74, 6) is -4.16. The molecule has 3 atom stereocenters. The van der Waals surface area contributed by atoms with E-state index in [9.17, 15) is 35.9 Å². The fourth-order valence-electron chi connectivity index (χ4n) is 11.8. The van der Waals surface area contributed by atoms with Crippen LogP contribution in [-0.4, -0.2) is 101 Å². The molecule has 2 amide bonds. The summed E-state index contributed by atoms with van der Waals surface area (Å²) in [6.07, 6.45) is 7.68. The van der Waals surface area contributed by atoms with Crippen molar-refractivity contribution < 1.29 is 45.4 Å². The number of hydrogen-bond donors (Lipinski definition) is 4. The molecule has 0 fully saturated rings. The van der Waals surface area contributed by atoms with Gasteiger partial charge in [0.1, 0.15) is 44.4 Å². The first-order valence-corrected chi connectivity index (χ1v) is 30.6. The van der Waals surface area contributed by atoms with Crippen LogP contribution in [0, 0.1) is 34.9 Å². The topological polar surface area (TPSA) is 175 Å². The molecule has 3 aliphatic carbocycles. The smallest absolute Gasteiger partial charge is 0.410 e. The second-order valence-electron chi connectivity index (χ2n) is 25.0. The molecule has 0 aliphatic heterocycles. The summed E-state index contributed by atoms with van der Waals surface area (Å²) in [6.45, 7) is 11.3. The van der Waals surface area contributed by atoms with Gasteiger partial charge in [-0.25, -0.2) is 50.9 Å². The fraction of sp³-hybridized carbons (Fsp3) is 0.388. The first-order valence-electron chi connectivity index (χ1n) is 29.8. The summed E-state index contributed by atoms with van der Waals surface area (Å²) in [4.78, 5) is 42.3. The quantitative estimate of drug-likeness (QED) is 0.0679. The Labute approximate surface area is 528 Å². The minimum Gasteiger partial charge on any atom is -0.444 e. The Bertz CT molecular complexity index is 4140. The predicted octanol–water partition coefficient (Wildman–Crippen LogP) is 14.6. The molecular weight excluding hydrogens is 1230 g/mol. The van der Waals surface area contributed by atoms with Gasteiger partial charge in [-0.3, -0.25) is 0 Å². The minimum absolute atomic E-state index is 0.0444. The Balaban J connectivity index is 0.000000151. The Morgan fingerprint density at radius 3 is 1.30 bits per heavy atom. The van der Waals surface area contributed by atoms with Gasteiger partial charge >= 0.3 is 12.2 Å². The van der Waals surface area contributed by atoms with Crippen LogP contribution in [0.15, 0.2) is 95.6 Å². The molecule has 0 saturated carbocycles. The number of aryl methyl sites for hydroxylation is 3. The highest BCUT2D eigenvalue weighted by Crippen LogP contribution is 2.37. The van der Waals surface area contributed by atoms with Gasteiger partial charge in [0.25, 0.3) is 0 Å². The molecule has 0 radical (unpaired) electrons. The van der Waals surface area contributed by atoms with E-state index in [0.717, 1.165) is 127 Å². The number of rotatable bonds is 7. The number of hydrogen-bond acceptors (Lipinski definition) is 11. The summed E-state index contributed by atoms with van der Waals surface area (Å²) in [5.41, 5.74) is 15.7. The lowest BCUT2D eigenvalue weighted by Gasteiger charge is -2.33. The first-order chi connectivity index (χ1) is 42.5. The molecule has 478 valence electrons. The number of anilines is 5. The third kappa shape index (κ3) is 15.1. The molecule has 0 spiro atoms. The molecule has 3 unspecified atom stereocenters. The number of ether oxygens (including phenoxy) is 2.